The highest BCUT2D eigenvalue weighted by Gasteiger charge is 2.24. The summed E-state index contributed by atoms with van der Waals surface area (Å²) in [6.45, 7) is 1.10. The van der Waals surface area contributed by atoms with Gasteiger partial charge in [-0.05, 0) is 38.1 Å². The molecular weight excluding hydrogens is 210 g/mol. The fraction of sp³-hybridized carbons (Fsp3) is 1.00. The Balaban J connectivity index is 1.68. The molecule has 1 saturated heterocycles. The van der Waals surface area contributed by atoms with Crippen LogP contribution in [0.15, 0.2) is 0 Å². The average molecular weight is 231 g/mol. The monoisotopic (exact) mass is 231 g/mol. The third-order valence-corrected chi connectivity index (χ3v) is 5.44. The van der Waals surface area contributed by atoms with E-state index in [2.05, 4.69) is 5.32 Å². The molecule has 4 heteroatoms. The smallest absolute Gasteiger partial charge is 0.150 e. The summed E-state index contributed by atoms with van der Waals surface area (Å²) in [6, 6.07) is 0.453. The molecular formula is C11H21NO2S. The Kier molecular flexibility index (Phi) is 3.67. The van der Waals surface area contributed by atoms with Crippen LogP contribution in [-0.2, 0) is 9.84 Å². The summed E-state index contributed by atoms with van der Waals surface area (Å²) in [6.07, 6.45) is 7.11. The molecule has 0 aromatic rings. The molecule has 1 aliphatic heterocycles. The van der Waals surface area contributed by atoms with Crippen LogP contribution in [0.25, 0.3) is 0 Å². The van der Waals surface area contributed by atoms with Gasteiger partial charge in [0.1, 0.15) is 9.84 Å². The van der Waals surface area contributed by atoms with Gasteiger partial charge in [-0.3, -0.25) is 0 Å². The lowest BCUT2D eigenvalue weighted by atomic mass is 10.1. The predicted octanol–water partition coefficient (Wildman–Crippen LogP) is 1.34. The van der Waals surface area contributed by atoms with Crippen molar-refractivity contribution in [3.8, 4) is 0 Å². The molecule has 2 aliphatic rings. The minimum Gasteiger partial charge on any atom is -0.314 e. The van der Waals surface area contributed by atoms with Crippen LogP contribution in [0.4, 0.5) is 0 Å². The third-order valence-electron chi connectivity index (χ3n) is 3.72. The van der Waals surface area contributed by atoms with Crippen LogP contribution in [0.2, 0.25) is 0 Å². The zero-order valence-corrected chi connectivity index (χ0v) is 10.1. The van der Waals surface area contributed by atoms with Gasteiger partial charge in [0, 0.05) is 6.04 Å². The van der Waals surface area contributed by atoms with Gasteiger partial charge in [0.05, 0.1) is 11.5 Å². The molecule has 1 N–H and O–H groups in total. The Morgan fingerprint density at radius 2 is 1.60 bits per heavy atom. The van der Waals surface area contributed by atoms with Gasteiger partial charge in [-0.1, -0.05) is 12.8 Å². The number of hydrogen-bond donors (Lipinski definition) is 1. The van der Waals surface area contributed by atoms with Crippen LogP contribution in [0.5, 0.6) is 0 Å². The van der Waals surface area contributed by atoms with E-state index in [0.29, 0.717) is 17.5 Å². The van der Waals surface area contributed by atoms with Crippen molar-refractivity contribution in [1.29, 1.82) is 0 Å². The van der Waals surface area contributed by atoms with Gasteiger partial charge in [-0.15, -0.1) is 0 Å². The Hall–Kier alpha value is -0.0900. The first-order valence-electron chi connectivity index (χ1n) is 6.09. The predicted molar refractivity (Wildman–Crippen MR) is 61.6 cm³/mol. The van der Waals surface area contributed by atoms with Crippen molar-refractivity contribution in [2.24, 2.45) is 5.92 Å². The third kappa shape index (κ3) is 3.45. The molecule has 0 bridgehead atoms. The van der Waals surface area contributed by atoms with Crippen LogP contribution in [0.1, 0.15) is 38.5 Å². The summed E-state index contributed by atoms with van der Waals surface area (Å²) >= 11 is 0. The second kappa shape index (κ2) is 4.83. The van der Waals surface area contributed by atoms with Gasteiger partial charge in [-0.2, -0.15) is 0 Å². The molecule has 15 heavy (non-hydrogen) atoms. The van der Waals surface area contributed by atoms with E-state index in [1.54, 1.807) is 0 Å². The maximum absolute atomic E-state index is 11.2. The molecule has 1 saturated carbocycles. The van der Waals surface area contributed by atoms with E-state index in [4.69, 9.17) is 0 Å². The molecule has 0 atom stereocenters. The molecule has 0 aromatic heterocycles. The van der Waals surface area contributed by atoms with E-state index >= 15 is 0 Å². The van der Waals surface area contributed by atoms with Gasteiger partial charge in [0.2, 0.25) is 0 Å². The SMILES string of the molecule is O=S1(=O)CCC(NCC2CCCC2)CC1. The molecule has 1 aliphatic carbocycles. The fourth-order valence-corrected chi connectivity index (χ4v) is 4.13. The minimum absolute atomic E-state index is 0.384. The lowest BCUT2D eigenvalue weighted by molar-refractivity contribution is 0.408. The molecule has 1 heterocycles. The number of rotatable bonds is 3. The Morgan fingerprint density at radius 3 is 2.20 bits per heavy atom. The summed E-state index contributed by atoms with van der Waals surface area (Å²) in [5.74, 6) is 1.62. The van der Waals surface area contributed by atoms with E-state index in [1.807, 2.05) is 0 Å². The second-order valence-corrected chi connectivity index (χ2v) is 7.29. The zero-order valence-electron chi connectivity index (χ0n) is 9.24. The standard InChI is InChI=1S/C11H21NO2S/c13-15(14)7-5-11(6-8-15)12-9-10-3-1-2-4-10/h10-12H,1-9H2. The Labute approximate surface area is 92.6 Å². The lowest BCUT2D eigenvalue weighted by Gasteiger charge is -2.24. The Morgan fingerprint density at radius 1 is 1.00 bits per heavy atom. The first kappa shape index (κ1) is 11.4. The summed E-state index contributed by atoms with van der Waals surface area (Å²) < 4.78 is 22.5. The summed E-state index contributed by atoms with van der Waals surface area (Å²) in [4.78, 5) is 0. The first-order valence-corrected chi connectivity index (χ1v) is 7.92. The highest BCUT2D eigenvalue weighted by Crippen LogP contribution is 2.24. The molecule has 88 valence electrons. The van der Waals surface area contributed by atoms with Crippen molar-refractivity contribution in [2.45, 2.75) is 44.6 Å². The molecule has 0 radical (unpaired) electrons. The number of hydrogen-bond acceptors (Lipinski definition) is 3. The molecule has 0 unspecified atom stereocenters. The van der Waals surface area contributed by atoms with Crippen molar-refractivity contribution in [1.82, 2.24) is 5.32 Å². The van der Waals surface area contributed by atoms with Crippen molar-refractivity contribution in [3.63, 3.8) is 0 Å². The largest absolute Gasteiger partial charge is 0.314 e. The Bertz CT molecular complexity index is 280. The van der Waals surface area contributed by atoms with Crippen molar-refractivity contribution in [3.05, 3.63) is 0 Å². The lowest BCUT2D eigenvalue weighted by Crippen LogP contribution is -2.39. The summed E-state index contributed by atoms with van der Waals surface area (Å²) in [5, 5.41) is 3.54. The summed E-state index contributed by atoms with van der Waals surface area (Å²) in [7, 11) is -2.69. The van der Waals surface area contributed by atoms with E-state index < -0.39 is 9.84 Å². The van der Waals surface area contributed by atoms with Gasteiger partial charge >= 0.3 is 0 Å². The topological polar surface area (TPSA) is 46.2 Å². The molecule has 3 nitrogen and oxygen atoms in total. The van der Waals surface area contributed by atoms with E-state index in [0.717, 1.165) is 25.3 Å². The quantitative estimate of drug-likeness (QED) is 0.797. The second-order valence-electron chi connectivity index (χ2n) is 4.98. The highest BCUT2D eigenvalue weighted by molar-refractivity contribution is 7.91. The highest BCUT2D eigenvalue weighted by atomic mass is 32.2. The van der Waals surface area contributed by atoms with Gasteiger partial charge in [0.15, 0.2) is 0 Å². The van der Waals surface area contributed by atoms with Crippen molar-refractivity contribution in [2.75, 3.05) is 18.1 Å². The maximum Gasteiger partial charge on any atom is 0.150 e. The average Bonchev–Trinajstić information content (AvgIpc) is 2.69. The number of nitrogens with one attached hydrogen (secondary N) is 1. The van der Waals surface area contributed by atoms with Crippen molar-refractivity contribution >= 4 is 9.84 Å². The van der Waals surface area contributed by atoms with E-state index in [-0.39, 0.29) is 0 Å². The molecule has 0 aromatic carbocycles. The molecule has 0 amide bonds. The molecule has 2 fully saturated rings. The maximum atomic E-state index is 11.2. The molecule has 2 rings (SSSR count). The zero-order chi connectivity index (χ0) is 10.7. The van der Waals surface area contributed by atoms with E-state index in [9.17, 15) is 8.42 Å². The molecule has 0 spiro atoms. The van der Waals surface area contributed by atoms with E-state index in [1.165, 1.54) is 25.7 Å². The van der Waals surface area contributed by atoms with Crippen LogP contribution >= 0.6 is 0 Å². The van der Waals surface area contributed by atoms with Crippen LogP contribution in [-0.4, -0.2) is 32.5 Å². The van der Waals surface area contributed by atoms with Crippen LogP contribution in [0.3, 0.4) is 0 Å². The first-order chi connectivity index (χ1) is 7.16. The van der Waals surface area contributed by atoms with Gasteiger partial charge in [-0.25, -0.2) is 8.42 Å². The van der Waals surface area contributed by atoms with Crippen LogP contribution in [0, 0.1) is 5.92 Å². The number of sulfone groups is 1. The normalized spacial score (nSPS) is 28.3. The van der Waals surface area contributed by atoms with Gasteiger partial charge < -0.3 is 5.32 Å². The van der Waals surface area contributed by atoms with Crippen molar-refractivity contribution < 1.29 is 8.42 Å². The minimum atomic E-state index is -2.69. The van der Waals surface area contributed by atoms with Crippen LogP contribution < -0.4 is 5.32 Å². The summed E-state index contributed by atoms with van der Waals surface area (Å²) in [5.41, 5.74) is 0. The van der Waals surface area contributed by atoms with Gasteiger partial charge in [0.25, 0.3) is 0 Å². The fourth-order valence-electron chi connectivity index (χ4n) is 2.64.